The normalized spacial score (nSPS) is 17.0. The summed E-state index contributed by atoms with van der Waals surface area (Å²) in [6.45, 7) is 2.90. The standard InChI is InChI=1S/C14H17N3O4S/c1-9-4-5-10(7-12(9)17(19)20)13(18)16-14(22)15-8-11-3-2-6-21-11/h4-5,7,11H,2-3,6,8H2,1H3,(H2,15,16,18,22)/t11-/m0/s1. The van der Waals surface area contributed by atoms with Crippen molar-refractivity contribution in [3.05, 3.63) is 39.4 Å². The van der Waals surface area contributed by atoms with E-state index in [1.807, 2.05) is 0 Å². The van der Waals surface area contributed by atoms with E-state index in [0.717, 1.165) is 19.4 Å². The molecule has 1 amide bonds. The molecular weight excluding hydrogens is 306 g/mol. The quantitative estimate of drug-likeness (QED) is 0.497. The second-order valence-electron chi connectivity index (χ2n) is 5.06. The molecular formula is C14H17N3O4S. The molecule has 0 aromatic heterocycles. The zero-order valence-electron chi connectivity index (χ0n) is 12.1. The van der Waals surface area contributed by atoms with Crippen molar-refractivity contribution < 1.29 is 14.5 Å². The third-order valence-corrected chi connectivity index (χ3v) is 3.66. The summed E-state index contributed by atoms with van der Waals surface area (Å²) >= 11 is 5.04. The number of nitro groups is 1. The summed E-state index contributed by atoms with van der Waals surface area (Å²) in [6, 6.07) is 4.31. The molecule has 1 aromatic rings. The van der Waals surface area contributed by atoms with Crippen molar-refractivity contribution in [1.29, 1.82) is 0 Å². The Kier molecular flexibility index (Phi) is 5.40. The van der Waals surface area contributed by atoms with Crippen LogP contribution in [-0.2, 0) is 4.74 Å². The van der Waals surface area contributed by atoms with Gasteiger partial charge in [0.15, 0.2) is 5.11 Å². The molecule has 1 aliphatic rings. The van der Waals surface area contributed by atoms with Gasteiger partial charge < -0.3 is 10.1 Å². The maximum atomic E-state index is 12.0. The molecule has 0 radical (unpaired) electrons. The van der Waals surface area contributed by atoms with Crippen molar-refractivity contribution in [2.24, 2.45) is 0 Å². The summed E-state index contributed by atoms with van der Waals surface area (Å²) in [6.07, 6.45) is 2.10. The number of nitrogens with one attached hydrogen (secondary N) is 2. The lowest BCUT2D eigenvalue weighted by molar-refractivity contribution is -0.385. The first-order chi connectivity index (χ1) is 10.5. The predicted octanol–water partition coefficient (Wildman–Crippen LogP) is 1.69. The van der Waals surface area contributed by atoms with Gasteiger partial charge in [0, 0.05) is 30.3 Å². The third-order valence-electron chi connectivity index (χ3n) is 3.41. The molecule has 1 aliphatic heterocycles. The van der Waals surface area contributed by atoms with Gasteiger partial charge in [-0.3, -0.25) is 20.2 Å². The molecule has 0 saturated carbocycles. The number of benzene rings is 1. The van der Waals surface area contributed by atoms with E-state index in [0.29, 0.717) is 12.1 Å². The Balaban J connectivity index is 1.92. The number of hydrogen-bond donors (Lipinski definition) is 2. The molecule has 8 heteroatoms. The van der Waals surface area contributed by atoms with E-state index in [9.17, 15) is 14.9 Å². The Hall–Kier alpha value is -2.06. The zero-order valence-corrected chi connectivity index (χ0v) is 12.9. The minimum atomic E-state index is -0.514. The first-order valence-corrected chi connectivity index (χ1v) is 7.34. The molecule has 0 bridgehead atoms. The van der Waals surface area contributed by atoms with Crippen LogP contribution in [0.5, 0.6) is 0 Å². The second-order valence-corrected chi connectivity index (χ2v) is 5.47. The molecule has 1 atom stereocenters. The van der Waals surface area contributed by atoms with E-state index in [2.05, 4.69) is 10.6 Å². The maximum absolute atomic E-state index is 12.0. The molecule has 0 spiro atoms. The average Bonchev–Trinajstić information content (AvgIpc) is 2.98. The Morgan fingerprint density at radius 3 is 2.95 bits per heavy atom. The number of aryl methyl sites for hydroxylation is 1. The van der Waals surface area contributed by atoms with Crippen LogP contribution in [0.15, 0.2) is 18.2 Å². The third kappa shape index (κ3) is 4.22. The summed E-state index contributed by atoms with van der Waals surface area (Å²) in [5.74, 6) is -0.479. The number of nitro benzene ring substituents is 1. The van der Waals surface area contributed by atoms with E-state index < -0.39 is 10.8 Å². The fraction of sp³-hybridized carbons (Fsp3) is 0.429. The van der Waals surface area contributed by atoms with Crippen LogP contribution in [0.2, 0.25) is 0 Å². The van der Waals surface area contributed by atoms with Crippen LogP contribution in [0.1, 0.15) is 28.8 Å². The summed E-state index contributed by atoms with van der Waals surface area (Å²) in [5, 5.41) is 16.5. The van der Waals surface area contributed by atoms with E-state index in [-0.39, 0.29) is 22.5 Å². The first kappa shape index (κ1) is 16.3. The van der Waals surface area contributed by atoms with Crippen molar-refractivity contribution in [3.63, 3.8) is 0 Å². The summed E-state index contributed by atoms with van der Waals surface area (Å²) in [7, 11) is 0. The van der Waals surface area contributed by atoms with Crippen molar-refractivity contribution in [2.45, 2.75) is 25.9 Å². The minimum absolute atomic E-state index is 0.0918. The van der Waals surface area contributed by atoms with Gasteiger partial charge >= 0.3 is 0 Å². The smallest absolute Gasteiger partial charge is 0.273 e. The number of hydrogen-bond acceptors (Lipinski definition) is 5. The second kappa shape index (κ2) is 7.28. The highest BCUT2D eigenvalue weighted by molar-refractivity contribution is 7.80. The molecule has 0 unspecified atom stereocenters. The van der Waals surface area contributed by atoms with Crippen LogP contribution in [0, 0.1) is 17.0 Å². The SMILES string of the molecule is Cc1ccc(C(=O)NC(=S)NC[C@@H]2CCCO2)cc1[N+](=O)[O-]. The summed E-state index contributed by atoms with van der Waals surface area (Å²) in [5.41, 5.74) is 0.602. The summed E-state index contributed by atoms with van der Waals surface area (Å²) in [4.78, 5) is 22.4. The van der Waals surface area contributed by atoms with Gasteiger partial charge in [-0.2, -0.15) is 0 Å². The van der Waals surface area contributed by atoms with E-state index in [1.54, 1.807) is 6.92 Å². The number of ether oxygens (including phenoxy) is 1. The maximum Gasteiger partial charge on any atom is 0.273 e. The minimum Gasteiger partial charge on any atom is -0.376 e. The van der Waals surface area contributed by atoms with Crippen LogP contribution < -0.4 is 10.6 Å². The molecule has 22 heavy (non-hydrogen) atoms. The first-order valence-electron chi connectivity index (χ1n) is 6.93. The largest absolute Gasteiger partial charge is 0.376 e. The lowest BCUT2D eigenvalue weighted by Crippen LogP contribution is -2.42. The van der Waals surface area contributed by atoms with Crippen molar-refractivity contribution >= 4 is 28.9 Å². The Morgan fingerprint density at radius 2 is 2.32 bits per heavy atom. The number of nitrogens with zero attached hydrogens (tertiary/aromatic N) is 1. The fourth-order valence-electron chi connectivity index (χ4n) is 2.18. The molecule has 1 saturated heterocycles. The number of rotatable bonds is 4. The molecule has 1 fully saturated rings. The molecule has 7 nitrogen and oxygen atoms in total. The fourth-order valence-corrected chi connectivity index (χ4v) is 2.35. The van der Waals surface area contributed by atoms with Crippen LogP contribution in [-0.4, -0.2) is 35.2 Å². The van der Waals surface area contributed by atoms with Crippen molar-refractivity contribution in [3.8, 4) is 0 Å². The van der Waals surface area contributed by atoms with E-state index >= 15 is 0 Å². The highest BCUT2D eigenvalue weighted by Gasteiger charge is 2.17. The van der Waals surface area contributed by atoms with Gasteiger partial charge in [-0.15, -0.1) is 0 Å². The predicted molar refractivity (Wildman–Crippen MR) is 84.9 cm³/mol. The Morgan fingerprint density at radius 1 is 1.55 bits per heavy atom. The molecule has 0 aliphatic carbocycles. The van der Waals surface area contributed by atoms with E-state index in [1.165, 1.54) is 18.2 Å². The molecule has 1 heterocycles. The highest BCUT2D eigenvalue weighted by Crippen LogP contribution is 2.19. The zero-order chi connectivity index (χ0) is 16.1. The van der Waals surface area contributed by atoms with Crippen molar-refractivity contribution in [2.75, 3.05) is 13.2 Å². The molecule has 2 N–H and O–H groups in total. The number of carbonyl (C=O) groups excluding carboxylic acids is 1. The van der Waals surface area contributed by atoms with Gasteiger partial charge in [0.1, 0.15) is 0 Å². The average molecular weight is 323 g/mol. The summed E-state index contributed by atoms with van der Waals surface area (Å²) < 4.78 is 5.44. The van der Waals surface area contributed by atoms with Crippen LogP contribution in [0.4, 0.5) is 5.69 Å². The molecule has 118 valence electrons. The Labute approximate surface area is 133 Å². The molecule has 1 aromatic carbocycles. The van der Waals surface area contributed by atoms with Gasteiger partial charge in [-0.05, 0) is 38.0 Å². The van der Waals surface area contributed by atoms with Crippen LogP contribution in [0.3, 0.4) is 0 Å². The Bertz CT molecular complexity index is 600. The topological polar surface area (TPSA) is 93.5 Å². The number of thiocarbonyl (C=S) groups is 1. The number of carbonyl (C=O) groups is 1. The lowest BCUT2D eigenvalue weighted by Gasteiger charge is -2.13. The van der Waals surface area contributed by atoms with Crippen LogP contribution >= 0.6 is 12.2 Å². The molecule has 2 rings (SSSR count). The van der Waals surface area contributed by atoms with Gasteiger partial charge in [0.25, 0.3) is 11.6 Å². The van der Waals surface area contributed by atoms with E-state index in [4.69, 9.17) is 17.0 Å². The highest BCUT2D eigenvalue weighted by atomic mass is 32.1. The lowest BCUT2D eigenvalue weighted by atomic mass is 10.1. The monoisotopic (exact) mass is 323 g/mol. The van der Waals surface area contributed by atoms with Crippen LogP contribution in [0.25, 0.3) is 0 Å². The van der Waals surface area contributed by atoms with Gasteiger partial charge in [0.05, 0.1) is 11.0 Å². The number of amides is 1. The van der Waals surface area contributed by atoms with Gasteiger partial charge in [-0.1, -0.05) is 6.07 Å². The van der Waals surface area contributed by atoms with Crippen molar-refractivity contribution in [1.82, 2.24) is 10.6 Å². The van der Waals surface area contributed by atoms with Gasteiger partial charge in [0.2, 0.25) is 0 Å². The van der Waals surface area contributed by atoms with Gasteiger partial charge in [-0.25, -0.2) is 0 Å².